The summed E-state index contributed by atoms with van der Waals surface area (Å²) in [6.45, 7) is 0.894. The number of carbonyl (C=O) groups is 3. The fraction of sp³-hybridized carbons (Fsp3) is 0.125. The Morgan fingerprint density at radius 3 is 2.34 bits per heavy atom. The van der Waals surface area contributed by atoms with Crippen LogP contribution in [0.4, 0.5) is 10.1 Å². The average molecular weight is 436 g/mol. The lowest BCUT2D eigenvalue weighted by Gasteiger charge is -2.12. The van der Waals surface area contributed by atoms with Gasteiger partial charge in [-0.3, -0.25) is 14.4 Å². The van der Waals surface area contributed by atoms with Crippen LogP contribution in [-0.4, -0.2) is 30.9 Å². The van der Waals surface area contributed by atoms with E-state index in [1.54, 1.807) is 24.3 Å². The molecule has 3 rings (SSSR count). The van der Waals surface area contributed by atoms with Gasteiger partial charge < -0.3 is 20.1 Å². The van der Waals surface area contributed by atoms with Gasteiger partial charge in [-0.05, 0) is 43.3 Å². The molecule has 0 atom stereocenters. The molecule has 0 aromatic heterocycles. The molecule has 0 radical (unpaired) electrons. The number of carbonyl (C=O) groups excluding carboxylic acids is 3. The van der Waals surface area contributed by atoms with Crippen LogP contribution in [0.15, 0.2) is 72.8 Å². The number of benzene rings is 3. The largest absolute Gasteiger partial charge is 0.455 e. The summed E-state index contributed by atoms with van der Waals surface area (Å²) in [7, 11) is 0. The van der Waals surface area contributed by atoms with Crippen LogP contribution >= 0.6 is 0 Å². The number of esters is 1. The van der Waals surface area contributed by atoms with Gasteiger partial charge in [0.25, 0.3) is 11.8 Å². The molecule has 0 saturated carbocycles. The molecule has 3 aromatic carbocycles. The van der Waals surface area contributed by atoms with Crippen molar-refractivity contribution in [1.82, 2.24) is 5.32 Å². The van der Waals surface area contributed by atoms with Gasteiger partial charge in [-0.2, -0.15) is 0 Å². The van der Waals surface area contributed by atoms with E-state index in [1.165, 1.54) is 18.2 Å². The molecule has 164 valence electrons. The fourth-order valence-corrected chi connectivity index (χ4v) is 2.67. The van der Waals surface area contributed by atoms with E-state index in [-0.39, 0.29) is 5.56 Å². The summed E-state index contributed by atoms with van der Waals surface area (Å²) in [4.78, 5) is 35.9. The Bertz CT molecular complexity index is 1120. The second-order valence-corrected chi connectivity index (χ2v) is 6.78. The summed E-state index contributed by atoms with van der Waals surface area (Å²) in [5.74, 6) is -1.86. The first-order chi connectivity index (χ1) is 15.4. The number of rotatable bonds is 8. The molecule has 0 unspecified atom stereocenters. The van der Waals surface area contributed by atoms with Crippen LogP contribution in [0.2, 0.25) is 0 Å². The minimum atomic E-state index is -0.839. The van der Waals surface area contributed by atoms with Crippen molar-refractivity contribution in [3.8, 4) is 11.5 Å². The molecular weight excluding hydrogens is 415 g/mol. The normalized spacial score (nSPS) is 10.2. The van der Waals surface area contributed by atoms with E-state index >= 15 is 0 Å². The quantitative estimate of drug-likeness (QED) is 0.524. The number of nitrogens with one attached hydrogen (secondary N) is 2. The Kier molecular flexibility index (Phi) is 7.53. The van der Waals surface area contributed by atoms with Gasteiger partial charge in [0, 0.05) is 0 Å². The molecular formula is C24H21FN2O5. The van der Waals surface area contributed by atoms with Gasteiger partial charge in [0.2, 0.25) is 0 Å². The lowest BCUT2D eigenvalue weighted by Crippen LogP contribution is -2.32. The number of hydrogen-bond acceptors (Lipinski definition) is 5. The minimum Gasteiger partial charge on any atom is -0.455 e. The molecule has 0 fully saturated rings. The first-order valence-corrected chi connectivity index (χ1v) is 9.74. The zero-order chi connectivity index (χ0) is 22.9. The van der Waals surface area contributed by atoms with Gasteiger partial charge in [-0.15, -0.1) is 0 Å². The van der Waals surface area contributed by atoms with Crippen LogP contribution in [0, 0.1) is 12.7 Å². The molecule has 32 heavy (non-hydrogen) atoms. The van der Waals surface area contributed by atoms with Gasteiger partial charge in [-0.1, -0.05) is 42.0 Å². The van der Waals surface area contributed by atoms with E-state index in [9.17, 15) is 18.8 Å². The molecule has 0 bridgehead atoms. The second kappa shape index (κ2) is 10.7. The third-order valence-electron chi connectivity index (χ3n) is 4.29. The topological polar surface area (TPSA) is 93.7 Å². The highest BCUT2D eigenvalue weighted by molar-refractivity contribution is 5.97. The molecule has 7 nitrogen and oxygen atoms in total. The minimum absolute atomic E-state index is 0.191. The summed E-state index contributed by atoms with van der Waals surface area (Å²) in [5, 5.41) is 4.87. The maximum atomic E-state index is 13.6. The van der Waals surface area contributed by atoms with Gasteiger partial charge in [0.05, 0.1) is 11.3 Å². The highest BCUT2D eigenvalue weighted by Crippen LogP contribution is 2.29. The summed E-state index contributed by atoms with van der Waals surface area (Å²) in [6, 6.07) is 19.6. The molecule has 0 aliphatic rings. The SMILES string of the molecule is Cc1ccc(Oc2ccccc2NC(=O)COC(=O)CNC(=O)c2ccccc2F)cc1. The van der Waals surface area contributed by atoms with E-state index in [2.05, 4.69) is 10.6 Å². The molecule has 0 spiro atoms. The Morgan fingerprint density at radius 1 is 0.906 bits per heavy atom. The maximum Gasteiger partial charge on any atom is 0.325 e. The summed E-state index contributed by atoms with van der Waals surface area (Å²) in [5.41, 5.74) is 1.30. The van der Waals surface area contributed by atoms with E-state index in [0.717, 1.165) is 11.6 Å². The Morgan fingerprint density at radius 2 is 1.59 bits per heavy atom. The van der Waals surface area contributed by atoms with Crippen LogP contribution < -0.4 is 15.4 Å². The summed E-state index contributed by atoms with van der Waals surface area (Å²) >= 11 is 0. The fourth-order valence-electron chi connectivity index (χ4n) is 2.67. The lowest BCUT2D eigenvalue weighted by atomic mass is 10.2. The van der Waals surface area contributed by atoms with Crippen LogP contribution in [0.1, 0.15) is 15.9 Å². The predicted octanol–water partition coefficient (Wildman–Crippen LogP) is 3.84. The predicted molar refractivity (Wildman–Crippen MR) is 116 cm³/mol. The molecule has 0 saturated heterocycles. The Balaban J connectivity index is 1.48. The molecule has 8 heteroatoms. The van der Waals surface area contributed by atoms with Crippen LogP contribution in [0.5, 0.6) is 11.5 Å². The monoisotopic (exact) mass is 436 g/mol. The summed E-state index contributed by atoms with van der Waals surface area (Å²) < 4.78 is 24.2. The van der Waals surface area contributed by atoms with E-state index in [0.29, 0.717) is 17.2 Å². The van der Waals surface area contributed by atoms with Crippen LogP contribution in [-0.2, 0) is 14.3 Å². The maximum absolute atomic E-state index is 13.6. The third kappa shape index (κ3) is 6.40. The Hall–Kier alpha value is -4.20. The molecule has 2 N–H and O–H groups in total. The smallest absolute Gasteiger partial charge is 0.325 e. The van der Waals surface area contributed by atoms with Crippen molar-refractivity contribution in [1.29, 1.82) is 0 Å². The van der Waals surface area contributed by atoms with Crippen molar-refractivity contribution >= 4 is 23.5 Å². The molecule has 2 amide bonds. The van der Waals surface area contributed by atoms with Crippen molar-refractivity contribution in [2.24, 2.45) is 0 Å². The zero-order valence-corrected chi connectivity index (χ0v) is 17.3. The van der Waals surface area contributed by atoms with Crippen LogP contribution in [0.25, 0.3) is 0 Å². The van der Waals surface area contributed by atoms with Gasteiger partial charge in [-0.25, -0.2) is 4.39 Å². The Labute approximate surface area is 184 Å². The number of halogens is 1. The standard InChI is InChI=1S/C24H21FN2O5/c1-16-10-12-17(13-11-16)32-21-9-5-4-8-20(21)27-22(28)15-31-23(29)14-26-24(30)18-6-2-3-7-19(18)25/h2-13H,14-15H2,1H3,(H,26,30)(H,27,28). The second-order valence-electron chi connectivity index (χ2n) is 6.78. The van der Waals surface area contributed by atoms with Crippen molar-refractivity contribution in [3.63, 3.8) is 0 Å². The number of para-hydroxylation sites is 2. The van der Waals surface area contributed by atoms with E-state index in [4.69, 9.17) is 9.47 Å². The number of anilines is 1. The molecule has 3 aromatic rings. The van der Waals surface area contributed by atoms with Crippen molar-refractivity contribution < 1.29 is 28.2 Å². The van der Waals surface area contributed by atoms with E-state index in [1.807, 2.05) is 31.2 Å². The van der Waals surface area contributed by atoms with Crippen molar-refractivity contribution in [2.45, 2.75) is 6.92 Å². The van der Waals surface area contributed by atoms with Crippen molar-refractivity contribution in [2.75, 3.05) is 18.5 Å². The molecule has 0 aliphatic heterocycles. The number of ether oxygens (including phenoxy) is 2. The van der Waals surface area contributed by atoms with Crippen LogP contribution in [0.3, 0.4) is 0 Å². The summed E-state index contributed by atoms with van der Waals surface area (Å²) in [6.07, 6.45) is 0. The van der Waals surface area contributed by atoms with E-state index < -0.39 is 36.8 Å². The highest BCUT2D eigenvalue weighted by atomic mass is 19.1. The first kappa shape index (κ1) is 22.5. The number of aryl methyl sites for hydroxylation is 1. The van der Waals surface area contributed by atoms with Gasteiger partial charge in [0.1, 0.15) is 18.1 Å². The zero-order valence-electron chi connectivity index (χ0n) is 17.3. The lowest BCUT2D eigenvalue weighted by molar-refractivity contribution is -0.146. The number of hydrogen-bond donors (Lipinski definition) is 2. The van der Waals surface area contributed by atoms with Gasteiger partial charge >= 0.3 is 5.97 Å². The van der Waals surface area contributed by atoms with Crippen molar-refractivity contribution in [3.05, 3.63) is 89.7 Å². The first-order valence-electron chi connectivity index (χ1n) is 9.74. The molecule has 0 heterocycles. The molecule has 0 aliphatic carbocycles. The number of amides is 2. The highest BCUT2D eigenvalue weighted by Gasteiger charge is 2.14. The van der Waals surface area contributed by atoms with Gasteiger partial charge in [0.15, 0.2) is 12.4 Å². The average Bonchev–Trinajstić information content (AvgIpc) is 2.79. The third-order valence-corrected chi connectivity index (χ3v) is 4.29.